The summed E-state index contributed by atoms with van der Waals surface area (Å²) in [5.41, 5.74) is 1.55. The van der Waals surface area contributed by atoms with Crippen LogP contribution in [0.25, 0.3) is 0 Å². The van der Waals surface area contributed by atoms with Crippen LogP contribution in [0.3, 0.4) is 0 Å². The number of alkyl halides is 1. The first kappa shape index (κ1) is 26.5. The number of benzene rings is 2. The number of nitrogens with zero attached hydrogens (tertiary/aromatic N) is 1. The number of carbonyl (C=O) groups excluding carboxylic acids is 3. The van der Waals surface area contributed by atoms with Crippen molar-refractivity contribution < 1.29 is 19.5 Å². The fraction of sp³-hybridized carbons (Fsp3) is 0.444. The predicted octanol–water partition coefficient (Wildman–Crippen LogP) is 3.83. The van der Waals surface area contributed by atoms with Crippen molar-refractivity contribution in [1.82, 2.24) is 10.2 Å². The van der Waals surface area contributed by atoms with Gasteiger partial charge in [0.1, 0.15) is 6.04 Å². The molecule has 7 nitrogen and oxygen atoms in total. The number of thioether (sulfide) groups is 1. The number of anilines is 1. The van der Waals surface area contributed by atoms with Crippen molar-refractivity contribution in [2.75, 3.05) is 11.9 Å². The van der Waals surface area contributed by atoms with Crippen molar-refractivity contribution in [3.63, 3.8) is 0 Å². The van der Waals surface area contributed by atoms with Crippen LogP contribution in [0, 0.1) is 11.8 Å². The Kier molecular flexibility index (Phi) is 7.60. The van der Waals surface area contributed by atoms with Gasteiger partial charge in [-0.3, -0.25) is 14.4 Å². The number of amides is 3. The van der Waals surface area contributed by atoms with Gasteiger partial charge in [0.15, 0.2) is 0 Å². The van der Waals surface area contributed by atoms with Crippen LogP contribution in [0.5, 0.6) is 0 Å². The number of rotatable bonds is 8. The Morgan fingerprint density at radius 3 is 2.54 bits per heavy atom. The SMILES string of the molecule is CC[C@@H](CO)N1C(=O)[C@@H]2[C@@H](C(=O)NCc3ccccc3)[C@@H]3SC2(CC3Br)C1C(=O)Nc1ccc(Cl)cc1. The number of aliphatic hydroxyl groups is 1. The van der Waals surface area contributed by atoms with Crippen molar-refractivity contribution in [3.8, 4) is 0 Å². The van der Waals surface area contributed by atoms with Gasteiger partial charge in [0, 0.05) is 27.3 Å². The molecule has 3 heterocycles. The van der Waals surface area contributed by atoms with E-state index < -0.39 is 28.7 Å². The summed E-state index contributed by atoms with van der Waals surface area (Å²) in [5, 5.41) is 16.6. The molecule has 3 N–H and O–H groups in total. The van der Waals surface area contributed by atoms with Crippen LogP contribution in [0.15, 0.2) is 54.6 Å². The van der Waals surface area contributed by atoms with Gasteiger partial charge in [0.2, 0.25) is 17.7 Å². The molecule has 2 aromatic carbocycles. The van der Waals surface area contributed by atoms with Gasteiger partial charge in [0.05, 0.1) is 29.2 Å². The van der Waals surface area contributed by atoms with E-state index in [1.165, 1.54) is 0 Å². The fourth-order valence-electron chi connectivity index (χ4n) is 6.12. The third-order valence-corrected chi connectivity index (χ3v) is 11.2. The van der Waals surface area contributed by atoms with Crippen LogP contribution >= 0.6 is 39.3 Å². The number of aliphatic hydroxyl groups excluding tert-OH is 1. The number of carbonyl (C=O) groups is 3. The summed E-state index contributed by atoms with van der Waals surface area (Å²) >= 11 is 11.4. The maximum Gasteiger partial charge on any atom is 0.248 e. The van der Waals surface area contributed by atoms with Gasteiger partial charge >= 0.3 is 0 Å². The molecular weight excluding hydrogens is 578 g/mol. The van der Waals surface area contributed by atoms with E-state index in [9.17, 15) is 19.5 Å². The van der Waals surface area contributed by atoms with Gasteiger partial charge in [-0.25, -0.2) is 0 Å². The standard InChI is InChI=1S/C27H29BrClN3O4S/c1-2-18(14-33)32-23(25(35)31-17-10-8-16(29)9-11-17)27-12-19(28)22(37-27)20(21(27)26(32)36)24(34)30-13-15-6-4-3-5-7-15/h3-11,18-23,33H,2,12-14H2,1H3,(H,30,34)(H,31,35)/t18-,19?,20+,21-,22+,23?,27?/m0/s1. The zero-order chi connectivity index (χ0) is 26.3. The zero-order valence-electron chi connectivity index (χ0n) is 20.3. The first-order valence-corrected chi connectivity index (χ1v) is 14.6. The average Bonchev–Trinajstić information content (AvgIpc) is 3.49. The highest BCUT2D eigenvalue weighted by atomic mass is 79.9. The van der Waals surface area contributed by atoms with Crippen LogP contribution in [-0.2, 0) is 20.9 Å². The number of hydrogen-bond acceptors (Lipinski definition) is 5. The fourth-order valence-corrected chi connectivity index (χ4v) is 9.85. The molecule has 0 radical (unpaired) electrons. The molecule has 196 valence electrons. The second-order valence-corrected chi connectivity index (χ2v) is 13.0. The Morgan fingerprint density at radius 2 is 1.89 bits per heavy atom. The number of hydrogen-bond donors (Lipinski definition) is 3. The normalized spacial score (nSPS) is 30.8. The number of likely N-dealkylation sites (tertiary alicyclic amines) is 1. The molecule has 3 amide bonds. The summed E-state index contributed by atoms with van der Waals surface area (Å²) in [5.74, 6) is -1.95. The Hall–Kier alpha value is -2.07. The minimum Gasteiger partial charge on any atom is -0.394 e. The molecule has 7 atom stereocenters. The second kappa shape index (κ2) is 10.6. The van der Waals surface area contributed by atoms with Gasteiger partial charge in [-0.2, -0.15) is 0 Å². The molecule has 10 heteroatoms. The quantitative estimate of drug-likeness (QED) is 0.397. The largest absolute Gasteiger partial charge is 0.394 e. The lowest BCUT2D eigenvalue weighted by Crippen LogP contribution is -2.55. The third kappa shape index (κ3) is 4.58. The van der Waals surface area contributed by atoms with E-state index in [0.29, 0.717) is 30.1 Å². The summed E-state index contributed by atoms with van der Waals surface area (Å²) in [6.07, 6.45) is 1.07. The predicted molar refractivity (Wildman–Crippen MR) is 149 cm³/mol. The summed E-state index contributed by atoms with van der Waals surface area (Å²) < 4.78 is -0.774. The Labute approximate surface area is 233 Å². The maximum absolute atomic E-state index is 14.0. The van der Waals surface area contributed by atoms with Crippen LogP contribution in [-0.4, -0.2) is 61.2 Å². The summed E-state index contributed by atoms with van der Waals surface area (Å²) in [6.45, 7) is 2.00. The number of fused-ring (bicyclic) bond motifs is 1. The number of nitrogens with one attached hydrogen (secondary N) is 2. The van der Waals surface area contributed by atoms with E-state index in [2.05, 4.69) is 26.6 Å². The molecule has 1 spiro atoms. The van der Waals surface area contributed by atoms with Gasteiger partial charge < -0.3 is 20.6 Å². The molecule has 5 rings (SSSR count). The molecule has 2 bridgehead atoms. The van der Waals surface area contributed by atoms with E-state index in [4.69, 9.17) is 11.6 Å². The van der Waals surface area contributed by atoms with E-state index in [-0.39, 0.29) is 34.4 Å². The maximum atomic E-state index is 14.0. The first-order valence-electron chi connectivity index (χ1n) is 12.4. The highest BCUT2D eigenvalue weighted by Gasteiger charge is 2.76. The molecule has 0 aliphatic carbocycles. The molecule has 3 aliphatic heterocycles. The zero-order valence-corrected chi connectivity index (χ0v) is 23.4. The summed E-state index contributed by atoms with van der Waals surface area (Å²) in [6, 6.07) is 15.1. The smallest absolute Gasteiger partial charge is 0.248 e. The Balaban J connectivity index is 1.47. The van der Waals surface area contributed by atoms with Crippen LogP contribution in [0.1, 0.15) is 25.3 Å². The van der Waals surface area contributed by atoms with Gasteiger partial charge in [-0.05, 0) is 42.7 Å². The van der Waals surface area contributed by atoms with E-state index >= 15 is 0 Å². The molecule has 2 aromatic rings. The lowest BCUT2D eigenvalue weighted by atomic mass is 9.70. The topological polar surface area (TPSA) is 98.7 Å². The lowest BCUT2D eigenvalue weighted by molar-refractivity contribution is -0.142. The van der Waals surface area contributed by atoms with Crippen LogP contribution in [0.4, 0.5) is 5.69 Å². The van der Waals surface area contributed by atoms with E-state index in [0.717, 1.165) is 5.56 Å². The van der Waals surface area contributed by atoms with Crippen molar-refractivity contribution in [2.24, 2.45) is 11.8 Å². The number of halogens is 2. The Morgan fingerprint density at radius 1 is 1.19 bits per heavy atom. The van der Waals surface area contributed by atoms with Crippen molar-refractivity contribution in [3.05, 3.63) is 65.2 Å². The van der Waals surface area contributed by atoms with Crippen molar-refractivity contribution in [1.29, 1.82) is 0 Å². The monoisotopic (exact) mass is 605 g/mol. The lowest BCUT2D eigenvalue weighted by Gasteiger charge is -2.37. The molecule has 3 fully saturated rings. The van der Waals surface area contributed by atoms with E-state index in [1.807, 2.05) is 37.3 Å². The highest BCUT2D eigenvalue weighted by molar-refractivity contribution is 9.09. The molecular formula is C27H29BrClN3O4S. The minimum absolute atomic E-state index is 0.0194. The van der Waals surface area contributed by atoms with Gasteiger partial charge in [-0.1, -0.05) is 64.8 Å². The summed E-state index contributed by atoms with van der Waals surface area (Å²) in [7, 11) is 0. The van der Waals surface area contributed by atoms with Crippen LogP contribution in [0.2, 0.25) is 5.02 Å². The van der Waals surface area contributed by atoms with Crippen molar-refractivity contribution >= 4 is 62.7 Å². The summed E-state index contributed by atoms with van der Waals surface area (Å²) in [4.78, 5) is 43.0. The van der Waals surface area contributed by atoms with Gasteiger partial charge in [0.25, 0.3) is 0 Å². The minimum atomic E-state index is -0.820. The molecule has 3 aliphatic rings. The highest BCUT2D eigenvalue weighted by Crippen LogP contribution is 2.68. The molecule has 0 saturated carbocycles. The molecule has 3 saturated heterocycles. The van der Waals surface area contributed by atoms with E-state index in [1.54, 1.807) is 40.9 Å². The Bertz CT molecular complexity index is 1180. The van der Waals surface area contributed by atoms with Crippen molar-refractivity contribution in [2.45, 2.75) is 53.2 Å². The molecule has 0 aromatic heterocycles. The second-order valence-electron chi connectivity index (χ2n) is 9.85. The van der Waals surface area contributed by atoms with Gasteiger partial charge in [-0.15, -0.1) is 11.8 Å². The first-order chi connectivity index (χ1) is 17.8. The molecule has 37 heavy (non-hydrogen) atoms. The van der Waals surface area contributed by atoms with Crippen LogP contribution < -0.4 is 10.6 Å². The third-order valence-electron chi connectivity index (χ3n) is 7.77. The average molecular weight is 607 g/mol. The molecule has 3 unspecified atom stereocenters.